The lowest BCUT2D eigenvalue weighted by atomic mass is 10.1. The van der Waals surface area contributed by atoms with E-state index in [1.807, 2.05) is 20.8 Å². The van der Waals surface area contributed by atoms with E-state index >= 15 is 0 Å². The van der Waals surface area contributed by atoms with Crippen molar-refractivity contribution in [3.05, 3.63) is 0 Å². The van der Waals surface area contributed by atoms with Gasteiger partial charge in [0.15, 0.2) is 0 Å². The van der Waals surface area contributed by atoms with Gasteiger partial charge in [0.2, 0.25) is 0 Å². The Hall–Kier alpha value is -0.530. The maximum atomic E-state index is 11.6. The predicted octanol–water partition coefficient (Wildman–Crippen LogP) is 2.13. The Morgan fingerprint density at radius 1 is 1.33 bits per heavy atom. The third kappa shape index (κ3) is 0.900. The van der Waals surface area contributed by atoms with E-state index in [1.165, 1.54) is 0 Å². The number of carbonyl (C=O) groups is 1. The van der Waals surface area contributed by atoms with Crippen LogP contribution in [0.25, 0.3) is 0 Å². The molecule has 0 bridgehead atoms. The monoisotopic (exact) mass is 168 g/mol. The summed E-state index contributed by atoms with van der Waals surface area (Å²) in [6.45, 7) is 7.92. The van der Waals surface area contributed by atoms with Crippen LogP contribution < -0.4 is 0 Å². The quantitative estimate of drug-likeness (QED) is 0.561. The molecule has 2 rings (SSSR count). The SMILES string of the molecule is CC(C)(C)OC(=O)C12CC1(C)C2. The van der Waals surface area contributed by atoms with Gasteiger partial charge in [-0.2, -0.15) is 0 Å². The molecular formula is C10H16O2. The van der Waals surface area contributed by atoms with Gasteiger partial charge >= 0.3 is 5.97 Å². The zero-order chi connectivity index (χ0) is 9.20. The van der Waals surface area contributed by atoms with E-state index in [4.69, 9.17) is 4.74 Å². The van der Waals surface area contributed by atoms with Gasteiger partial charge in [0.05, 0.1) is 5.41 Å². The van der Waals surface area contributed by atoms with Crippen molar-refractivity contribution in [1.82, 2.24) is 0 Å². The average Bonchev–Trinajstić information content (AvgIpc) is 2.46. The van der Waals surface area contributed by atoms with Crippen molar-refractivity contribution in [2.75, 3.05) is 0 Å². The molecule has 2 aliphatic rings. The molecule has 0 unspecified atom stereocenters. The maximum absolute atomic E-state index is 11.6. The Morgan fingerprint density at radius 2 is 1.75 bits per heavy atom. The lowest BCUT2D eigenvalue weighted by molar-refractivity contribution is -0.159. The van der Waals surface area contributed by atoms with Gasteiger partial charge < -0.3 is 4.74 Å². The summed E-state index contributed by atoms with van der Waals surface area (Å²) in [5.74, 6) is 0.0255. The Morgan fingerprint density at radius 3 is 2.00 bits per heavy atom. The molecule has 0 atom stereocenters. The first kappa shape index (κ1) is 8.09. The zero-order valence-corrected chi connectivity index (χ0v) is 8.23. The van der Waals surface area contributed by atoms with Crippen molar-refractivity contribution in [3.8, 4) is 0 Å². The van der Waals surface area contributed by atoms with Crippen LogP contribution in [0.4, 0.5) is 0 Å². The van der Waals surface area contributed by atoms with Crippen molar-refractivity contribution in [2.45, 2.75) is 46.1 Å². The highest BCUT2D eigenvalue weighted by atomic mass is 16.6. The first-order chi connectivity index (χ1) is 5.29. The van der Waals surface area contributed by atoms with E-state index < -0.39 is 0 Å². The Balaban J connectivity index is 1.96. The molecule has 0 spiro atoms. The lowest BCUT2D eigenvalue weighted by Crippen LogP contribution is -2.26. The number of fused-ring (bicyclic) bond motifs is 1. The molecule has 2 saturated carbocycles. The molecule has 0 N–H and O–H groups in total. The number of carbonyl (C=O) groups excluding carboxylic acids is 1. The van der Waals surface area contributed by atoms with E-state index in [9.17, 15) is 4.79 Å². The van der Waals surface area contributed by atoms with Crippen LogP contribution in [0, 0.1) is 10.8 Å². The van der Waals surface area contributed by atoms with Gasteiger partial charge in [0.1, 0.15) is 5.60 Å². The molecule has 0 heterocycles. The summed E-state index contributed by atoms with van der Waals surface area (Å²) in [5.41, 5.74) is -0.0342. The fraction of sp³-hybridized carbons (Fsp3) is 0.900. The number of hydrogen-bond acceptors (Lipinski definition) is 2. The van der Waals surface area contributed by atoms with Gasteiger partial charge in [-0.15, -0.1) is 0 Å². The summed E-state index contributed by atoms with van der Waals surface area (Å²) >= 11 is 0. The van der Waals surface area contributed by atoms with Crippen LogP contribution >= 0.6 is 0 Å². The second-order valence-electron chi connectivity index (χ2n) is 5.50. The number of esters is 1. The van der Waals surface area contributed by atoms with Gasteiger partial charge in [-0.05, 0) is 39.0 Å². The van der Waals surface area contributed by atoms with Crippen LogP contribution in [0.5, 0.6) is 0 Å². The highest BCUT2D eigenvalue weighted by Gasteiger charge is 2.85. The van der Waals surface area contributed by atoms with Crippen LogP contribution in [0.1, 0.15) is 40.5 Å². The molecule has 0 aliphatic heterocycles. The third-order valence-electron chi connectivity index (χ3n) is 3.08. The molecule has 0 radical (unpaired) electrons. The first-order valence-corrected chi connectivity index (χ1v) is 4.53. The molecule has 2 nitrogen and oxygen atoms in total. The summed E-state index contributed by atoms with van der Waals surface area (Å²) in [6, 6.07) is 0. The minimum absolute atomic E-state index is 0.0255. The topological polar surface area (TPSA) is 26.3 Å². The van der Waals surface area contributed by atoms with E-state index in [1.54, 1.807) is 0 Å². The molecular weight excluding hydrogens is 152 g/mol. The molecule has 0 aromatic carbocycles. The smallest absolute Gasteiger partial charge is 0.313 e. The predicted molar refractivity (Wildman–Crippen MR) is 45.6 cm³/mol. The van der Waals surface area contributed by atoms with Crippen LogP contribution in [-0.4, -0.2) is 11.6 Å². The maximum Gasteiger partial charge on any atom is 0.313 e. The Labute approximate surface area is 73.3 Å². The van der Waals surface area contributed by atoms with Crippen LogP contribution in [-0.2, 0) is 9.53 Å². The van der Waals surface area contributed by atoms with Crippen molar-refractivity contribution >= 4 is 5.97 Å². The van der Waals surface area contributed by atoms with Gasteiger partial charge in [-0.3, -0.25) is 4.79 Å². The summed E-state index contributed by atoms with van der Waals surface area (Å²) in [4.78, 5) is 11.6. The Kier molecular flexibility index (Phi) is 1.15. The molecule has 0 aromatic rings. The molecule has 0 aromatic heterocycles. The fourth-order valence-corrected chi connectivity index (χ4v) is 1.96. The molecule has 2 aliphatic carbocycles. The molecule has 2 heteroatoms. The van der Waals surface area contributed by atoms with Gasteiger partial charge in [-0.1, -0.05) is 6.92 Å². The average molecular weight is 168 g/mol. The summed E-state index contributed by atoms with van der Waals surface area (Å²) in [5, 5.41) is 0. The van der Waals surface area contributed by atoms with Gasteiger partial charge in [0.25, 0.3) is 0 Å². The molecule has 68 valence electrons. The molecule has 2 fully saturated rings. The van der Waals surface area contributed by atoms with E-state index in [0.29, 0.717) is 5.41 Å². The number of hydrogen-bond donors (Lipinski definition) is 0. The third-order valence-corrected chi connectivity index (χ3v) is 3.08. The highest BCUT2D eigenvalue weighted by Crippen LogP contribution is 2.86. The lowest BCUT2D eigenvalue weighted by Gasteiger charge is -2.20. The summed E-state index contributed by atoms with van der Waals surface area (Å²) < 4.78 is 5.33. The van der Waals surface area contributed by atoms with Gasteiger partial charge in [0, 0.05) is 0 Å². The first-order valence-electron chi connectivity index (χ1n) is 4.53. The van der Waals surface area contributed by atoms with Gasteiger partial charge in [-0.25, -0.2) is 0 Å². The standard InChI is InChI=1S/C10H16O2/c1-8(2,3)12-7(11)10-5-9(10,4)6-10/h5-6H2,1-4H3. The van der Waals surface area contributed by atoms with Crippen molar-refractivity contribution in [2.24, 2.45) is 10.8 Å². The summed E-state index contributed by atoms with van der Waals surface area (Å²) in [6.07, 6.45) is 2.10. The molecule has 0 amide bonds. The largest absolute Gasteiger partial charge is 0.460 e. The summed E-state index contributed by atoms with van der Waals surface area (Å²) in [7, 11) is 0. The van der Waals surface area contributed by atoms with Crippen LogP contribution in [0.15, 0.2) is 0 Å². The van der Waals surface area contributed by atoms with E-state index in [-0.39, 0.29) is 17.0 Å². The van der Waals surface area contributed by atoms with Crippen molar-refractivity contribution in [3.63, 3.8) is 0 Å². The van der Waals surface area contributed by atoms with Crippen LogP contribution in [0.3, 0.4) is 0 Å². The second-order valence-corrected chi connectivity index (χ2v) is 5.50. The fourth-order valence-electron chi connectivity index (χ4n) is 1.96. The van der Waals surface area contributed by atoms with E-state index in [2.05, 4.69) is 6.92 Å². The van der Waals surface area contributed by atoms with E-state index in [0.717, 1.165) is 12.8 Å². The second kappa shape index (κ2) is 1.70. The highest BCUT2D eigenvalue weighted by molar-refractivity contribution is 5.87. The number of rotatable bonds is 1. The van der Waals surface area contributed by atoms with Crippen molar-refractivity contribution in [1.29, 1.82) is 0 Å². The minimum Gasteiger partial charge on any atom is -0.460 e. The van der Waals surface area contributed by atoms with Crippen LogP contribution in [0.2, 0.25) is 0 Å². The normalized spacial score (nSPS) is 43.3. The molecule has 12 heavy (non-hydrogen) atoms. The van der Waals surface area contributed by atoms with Crippen molar-refractivity contribution < 1.29 is 9.53 Å². The number of ether oxygens (including phenoxy) is 1. The minimum atomic E-state index is -0.322. The Bertz CT molecular complexity index is 241. The zero-order valence-electron chi connectivity index (χ0n) is 8.23. The molecule has 0 saturated heterocycles.